The molecule has 5 nitrogen and oxygen atoms in total. The van der Waals surface area contributed by atoms with Crippen LogP contribution in [-0.2, 0) is 6.54 Å². The lowest BCUT2D eigenvalue weighted by Crippen LogP contribution is -2.21. The van der Waals surface area contributed by atoms with Gasteiger partial charge in [-0.1, -0.05) is 12.1 Å². The lowest BCUT2D eigenvalue weighted by molar-refractivity contribution is 0.0951. The van der Waals surface area contributed by atoms with E-state index in [1.54, 1.807) is 6.07 Å². The predicted molar refractivity (Wildman–Crippen MR) is 73.1 cm³/mol. The van der Waals surface area contributed by atoms with E-state index in [-0.39, 0.29) is 12.5 Å². The largest absolute Gasteiger partial charge is 0.418 e. The summed E-state index contributed by atoms with van der Waals surface area (Å²) in [4.78, 5) is 13.3. The summed E-state index contributed by atoms with van der Waals surface area (Å²) in [6.07, 6.45) is 0. The number of aromatic nitrogens is 2. The van der Waals surface area contributed by atoms with Crippen LogP contribution in [-0.4, -0.2) is 16.1 Å². The fourth-order valence-electron chi connectivity index (χ4n) is 1.48. The second-order valence-corrected chi connectivity index (χ2v) is 5.53. The highest BCUT2D eigenvalue weighted by Crippen LogP contribution is 2.22. The van der Waals surface area contributed by atoms with E-state index >= 15 is 0 Å². The molecule has 3 rings (SSSR count). The van der Waals surface area contributed by atoms with Crippen LogP contribution in [0, 0.1) is 0 Å². The van der Waals surface area contributed by atoms with Crippen LogP contribution < -0.4 is 5.32 Å². The molecular formula is C12H9N3O2S2. The number of nitrogens with one attached hydrogen (secondary N) is 1. The summed E-state index contributed by atoms with van der Waals surface area (Å²) < 4.78 is 5.47. The summed E-state index contributed by atoms with van der Waals surface area (Å²) in [6, 6.07) is 7.43. The van der Waals surface area contributed by atoms with E-state index in [1.165, 1.54) is 22.7 Å². The Morgan fingerprint density at radius 1 is 1.21 bits per heavy atom. The minimum absolute atomic E-state index is 0.133. The third kappa shape index (κ3) is 2.72. The molecule has 0 unspecified atom stereocenters. The van der Waals surface area contributed by atoms with E-state index in [4.69, 9.17) is 4.42 Å². The molecule has 0 aliphatic heterocycles. The molecule has 0 aliphatic carbocycles. The average Bonchev–Trinajstić information content (AvgIpc) is 3.14. The van der Waals surface area contributed by atoms with Crippen molar-refractivity contribution >= 4 is 28.6 Å². The smallest absolute Gasteiger partial charge is 0.261 e. The number of hydrogen-bond donors (Lipinski definition) is 1. The van der Waals surface area contributed by atoms with Crippen LogP contribution in [0.5, 0.6) is 0 Å². The number of amides is 1. The molecule has 0 atom stereocenters. The lowest BCUT2D eigenvalue weighted by Gasteiger charge is -1.98. The zero-order valence-electron chi connectivity index (χ0n) is 9.70. The second-order valence-electron chi connectivity index (χ2n) is 3.64. The molecule has 96 valence electrons. The Morgan fingerprint density at radius 3 is 2.79 bits per heavy atom. The van der Waals surface area contributed by atoms with Crippen molar-refractivity contribution in [3.05, 3.63) is 45.8 Å². The van der Waals surface area contributed by atoms with E-state index in [0.717, 1.165) is 4.88 Å². The Morgan fingerprint density at radius 2 is 2.05 bits per heavy atom. The van der Waals surface area contributed by atoms with E-state index in [2.05, 4.69) is 15.5 Å². The molecule has 0 aliphatic rings. The number of thiophene rings is 2. The van der Waals surface area contributed by atoms with Crippen molar-refractivity contribution in [1.82, 2.24) is 15.5 Å². The third-order valence-corrected chi connectivity index (χ3v) is 4.07. The van der Waals surface area contributed by atoms with Crippen molar-refractivity contribution in [3.8, 4) is 10.8 Å². The molecular weight excluding hydrogens is 282 g/mol. The van der Waals surface area contributed by atoms with Crippen LogP contribution in [0.15, 0.2) is 39.4 Å². The summed E-state index contributed by atoms with van der Waals surface area (Å²) in [7, 11) is 0. The zero-order valence-corrected chi connectivity index (χ0v) is 11.3. The summed E-state index contributed by atoms with van der Waals surface area (Å²) in [5.41, 5.74) is 0. The first-order valence-corrected chi connectivity index (χ1v) is 7.27. The Hall–Kier alpha value is -1.99. The molecule has 3 aromatic rings. The Kier molecular flexibility index (Phi) is 3.39. The van der Waals surface area contributed by atoms with E-state index in [0.29, 0.717) is 16.7 Å². The van der Waals surface area contributed by atoms with Crippen LogP contribution in [0.25, 0.3) is 10.8 Å². The topological polar surface area (TPSA) is 68.0 Å². The van der Waals surface area contributed by atoms with Crippen LogP contribution in [0.2, 0.25) is 0 Å². The SMILES string of the molecule is O=C(NCc1nnc(-c2cccs2)o1)c1cccs1. The Bertz CT molecular complexity index is 659. The number of nitrogens with zero attached hydrogens (tertiary/aromatic N) is 2. The van der Waals surface area contributed by atoms with Gasteiger partial charge in [0.1, 0.15) is 0 Å². The molecule has 1 N–H and O–H groups in total. The van der Waals surface area contributed by atoms with Crippen LogP contribution in [0.3, 0.4) is 0 Å². The van der Waals surface area contributed by atoms with Gasteiger partial charge in [0, 0.05) is 0 Å². The highest BCUT2D eigenvalue weighted by atomic mass is 32.1. The molecule has 7 heteroatoms. The van der Waals surface area contributed by atoms with Gasteiger partial charge in [0.25, 0.3) is 11.8 Å². The normalized spacial score (nSPS) is 10.5. The van der Waals surface area contributed by atoms with E-state index in [9.17, 15) is 4.79 Å². The first-order chi connectivity index (χ1) is 9.33. The predicted octanol–water partition coefficient (Wildman–Crippen LogP) is 2.79. The standard InChI is InChI=1S/C12H9N3O2S2/c16-11(8-3-1-5-18-8)13-7-10-14-15-12(17-10)9-4-2-6-19-9/h1-6H,7H2,(H,13,16). The Labute approximate surface area is 116 Å². The first-order valence-electron chi connectivity index (χ1n) is 5.51. The van der Waals surface area contributed by atoms with Crippen molar-refractivity contribution in [3.63, 3.8) is 0 Å². The van der Waals surface area contributed by atoms with Gasteiger partial charge >= 0.3 is 0 Å². The molecule has 0 spiro atoms. The molecule has 3 aromatic heterocycles. The molecule has 0 bridgehead atoms. The van der Waals surface area contributed by atoms with Gasteiger partial charge in [-0.15, -0.1) is 32.9 Å². The number of carbonyl (C=O) groups is 1. The van der Waals surface area contributed by atoms with Crippen molar-refractivity contribution in [1.29, 1.82) is 0 Å². The monoisotopic (exact) mass is 291 g/mol. The zero-order chi connectivity index (χ0) is 13.1. The van der Waals surface area contributed by atoms with Gasteiger partial charge in [0.05, 0.1) is 16.3 Å². The summed E-state index contributed by atoms with van der Waals surface area (Å²) >= 11 is 2.92. The van der Waals surface area contributed by atoms with Gasteiger partial charge in [-0.05, 0) is 22.9 Å². The maximum absolute atomic E-state index is 11.7. The molecule has 3 heterocycles. The van der Waals surface area contributed by atoms with Crippen LogP contribution in [0.1, 0.15) is 15.6 Å². The quantitative estimate of drug-likeness (QED) is 0.802. The van der Waals surface area contributed by atoms with Gasteiger partial charge in [-0.3, -0.25) is 4.79 Å². The molecule has 0 fully saturated rings. The van der Waals surface area contributed by atoms with Gasteiger partial charge < -0.3 is 9.73 Å². The minimum atomic E-state index is -0.133. The van der Waals surface area contributed by atoms with Crippen molar-refractivity contribution < 1.29 is 9.21 Å². The van der Waals surface area contributed by atoms with Crippen molar-refractivity contribution in [2.45, 2.75) is 6.54 Å². The fourth-order valence-corrected chi connectivity index (χ4v) is 2.76. The highest BCUT2D eigenvalue weighted by Gasteiger charge is 2.11. The summed E-state index contributed by atoms with van der Waals surface area (Å²) in [5.74, 6) is 0.745. The molecule has 0 saturated heterocycles. The minimum Gasteiger partial charge on any atom is -0.418 e. The van der Waals surface area contributed by atoms with Crippen LogP contribution in [0.4, 0.5) is 0 Å². The maximum Gasteiger partial charge on any atom is 0.261 e. The molecule has 1 amide bonds. The summed E-state index contributed by atoms with van der Waals surface area (Å²) in [6.45, 7) is 0.231. The van der Waals surface area contributed by atoms with Crippen molar-refractivity contribution in [2.75, 3.05) is 0 Å². The maximum atomic E-state index is 11.7. The molecule has 19 heavy (non-hydrogen) atoms. The average molecular weight is 291 g/mol. The van der Waals surface area contributed by atoms with Crippen LogP contribution >= 0.6 is 22.7 Å². The second kappa shape index (κ2) is 5.33. The number of carbonyl (C=O) groups excluding carboxylic acids is 1. The fraction of sp³-hybridized carbons (Fsp3) is 0.0833. The third-order valence-electron chi connectivity index (χ3n) is 2.34. The number of hydrogen-bond acceptors (Lipinski definition) is 6. The van der Waals surface area contributed by atoms with Gasteiger partial charge in [-0.25, -0.2) is 0 Å². The first kappa shape index (κ1) is 12.1. The van der Waals surface area contributed by atoms with E-state index < -0.39 is 0 Å². The summed E-state index contributed by atoms with van der Waals surface area (Å²) in [5, 5.41) is 14.4. The van der Waals surface area contributed by atoms with E-state index in [1.807, 2.05) is 29.0 Å². The molecule has 0 radical (unpaired) electrons. The molecule has 0 aromatic carbocycles. The van der Waals surface area contributed by atoms with Gasteiger partial charge in [0.2, 0.25) is 5.89 Å². The number of rotatable bonds is 4. The highest BCUT2D eigenvalue weighted by molar-refractivity contribution is 7.13. The molecule has 0 saturated carbocycles. The van der Waals surface area contributed by atoms with Gasteiger partial charge in [-0.2, -0.15) is 0 Å². The lowest BCUT2D eigenvalue weighted by atomic mass is 10.4. The van der Waals surface area contributed by atoms with Gasteiger partial charge in [0.15, 0.2) is 0 Å². The van der Waals surface area contributed by atoms with Crippen molar-refractivity contribution in [2.24, 2.45) is 0 Å². The Balaban J connectivity index is 1.63.